The fraction of sp³-hybridized carbons (Fsp3) is 0.600. The Morgan fingerprint density at radius 1 is 1.32 bits per heavy atom. The Labute approximate surface area is 150 Å². The van der Waals surface area contributed by atoms with Crippen LogP contribution in [-0.4, -0.2) is 76.7 Å². The number of rotatable bonds is 8. The molecule has 1 aliphatic rings. The molecule has 0 atom stereocenters. The number of nitrogens with zero attached hydrogens (tertiary/aromatic N) is 4. The molecule has 0 saturated carbocycles. The van der Waals surface area contributed by atoms with Crippen LogP contribution in [0.5, 0.6) is 0 Å². The van der Waals surface area contributed by atoms with Gasteiger partial charge in [-0.3, -0.25) is 9.69 Å². The van der Waals surface area contributed by atoms with E-state index in [2.05, 4.69) is 35.5 Å². The Balaban J connectivity index is 1.33. The quantitative estimate of drug-likeness (QED) is 0.464. The van der Waals surface area contributed by atoms with E-state index >= 15 is 0 Å². The summed E-state index contributed by atoms with van der Waals surface area (Å²) in [6.07, 6.45) is 2.70. The summed E-state index contributed by atoms with van der Waals surface area (Å²) in [7, 11) is 0. The fourth-order valence-electron chi connectivity index (χ4n) is 2.66. The van der Waals surface area contributed by atoms with E-state index in [4.69, 9.17) is 16.3 Å². The molecule has 0 radical (unpaired) electrons. The average molecular weight is 368 g/mol. The highest BCUT2D eigenvalue weighted by atomic mass is 35.5. The summed E-state index contributed by atoms with van der Waals surface area (Å²) in [4.78, 5) is 29.4. The van der Waals surface area contributed by atoms with Crippen LogP contribution in [0.2, 0.25) is 5.28 Å². The molecule has 3 heterocycles. The molecule has 1 aliphatic heterocycles. The van der Waals surface area contributed by atoms with E-state index in [0.717, 1.165) is 32.8 Å². The van der Waals surface area contributed by atoms with Gasteiger partial charge in [0.25, 0.3) is 0 Å². The van der Waals surface area contributed by atoms with E-state index in [9.17, 15) is 4.79 Å². The molecule has 1 saturated heterocycles. The molecular weight excluding hydrogens is 346 g/mol. The number of fused-ring (bicyclic) bond motifs is 1. The Morgan fingerprint density at radius 3 is 3.00 bits per heavy atom. The summed E-state index contributed by atoms with van der Waals surface area (Å²) in [6, 6.07) is 0. The molecule has 1 fully saturated rings. The molecule has 1 amide bonds. The van der Waals surface area contributed by atoms with Crippen molar-refractivity contribution in [3.63, 3.8) is 0 Å². The first kappa shape index (κ1) is 17.8. The van der Waals surface area contributed by atoms with Crippen LogP contribution in [0.15, 0.2) is 6.33 Å². The summed E-state index contributed by atoms with van der Waals surface area (Å²) in [5.41, 5.74) is 1.22. The first-order valence-electron chi connectivity index (χ1n) is 8.39. The van der Waals surface area contributed by atoms with Gasteiger partial charge in [0.05, 0.1) is 19.5 Å². The zero-order valence-electron chi connectivity index (χ0n) is 13.9. The second-order valence-corrected chi connectivity index (χ2v) is 6.11. The molecule has 3 rings (SSSR count). The van der Waals surface area contributed by atoms with Crippen LogP contribution in [0.4, 0.5) is 5.82 Å². The van der Waals surface area contributed by atoms with Crippen LogP contribution in [0.3, 0.4) is 0 Å². The number of anilines is 1. The van der Waals surface area contributed by atoms with Crippen LogP contribution >= 0.6 is 11.6 Å². The molecule has 10 heteroatoms. The lowest BCUT2D eigenvalue weighted by Crippen LogP contribution is -2.41. The molecule has 0 aliphatic carbocycles. The number of ether oxygens (including phenoxy) is 1. The summed E-state index contributed by atoms with van der Waals surface area (Å²) in [5, 5.41) is 6.26. The van der Waals surface area contributed by atoms with Crippen molar-refractivity contribution in [1.82, 2.24) is 30.2 Å². The number of imidazole rings is 1. The Hall–Kier alpha value is -1.97. The van der Waals surface area contributed by atoms with Gasteiger partial charge in [-0.25, -0.2) is 4.98 Å². The van der Waals surface area contributed by atoms with Crippen LogP contribution in [0.1, 0.15) is 12.8 Å². The highest BCUT2D eigenvalue weighted by molar-refractivity contribution is 6.28. The van der Waals surface area contributed by atoms with Crippen molar-refractivity contribution >= 4 is 34.5 Å². The van der Waals surface area contributed by atoms with Crippen LogP contribution in [0, 0.1) is 0 Å². The van der Waals surface area contributed by atoms with E-state index in [1.807, 2.05) is 0 Å². The van der Waals surface area contributed by atoms with Gasteiger partial charge in [0.1, 0.15) is 5.52 Å². The van der Waals surface area contributed by atoms with E-state index in [0.29, 0.717) is 42.9 Å². The normalized spacial score (nSPS) is 15.4. The number of halogens is 1. The number of morpholine rings is 1. The van der Waals surface area contributed by atoms with Gasteiger partial charge in [-0.15, -0.1) is 0 Å². The van der Waals surface area contributed by atoms with Gasteiger partial charge in [0, 0.05) is 39.1 Å². The topological polar surface area (TPSA) is 108 Å². The van der Waals surface area contributed by atoms with Crippen molar-refractivity contribution in [3.8, 4) is 0 Å². The summed E-state index contributed by atoms with van der Waals surface area (Å²) < 4.78 is 5.30. The number of hydrogen-bond donors (Lipinski definition) is 3. The van der Waals surface area contributed by atoms with Crippen LogP contribution in [-0.2, 0) is 9.53 Å². The van der Waals surface area contributed by atoms with Gasteiger partial charge in [0.2, 0.25) is 11.2 Å². The standard InChI is InChI=1S/C15H22ClN7O2/c16-15-21-13(12-14(22-15)20-10-19-12)18-3-1-2-11(24)17-4-5-23-6-8-25-9-7-23/h10H,1-9H2,(H,17,24)(H2,18,19,20,21,22). The maximum Gasteiger partial charge on any atom is 0.226 e. The molecule has 0 unspecified atom stereocenters. The van der Waals surface area contributed by atoms with Gasteiger partial charge < -0.3 is 20.4 Å². The van der Waals surface area contributed by atoms with Crippen molar-refractivity contribution in [2.24, 2.45) is 0 Å². The van der Waals surface area contributed by atoms with Gasteiger partial charge in [0.15, 0.2) is 11.5 Å². The minimum Gasteiger partial charge on any atom is -0.379 e. The van der Waals surface area contributed by atoms with Crippen molar-refractivity contribution in [3.05, 3.63) is 11.6 Å². The highest BCUT2D eigenvalue weighted by Crippen LogP contribution is 2.18. The first-order valence-corrected chi connectivity index (χ1v) is 8.77. The summed E-state index contributed by atoms with van der Waals surface area (Å²) >= 11 is 5.87. The fourth-order valence-corrected chi connectivity index (χ4v) is 2.82. The van der Waals surface area contributed by atoms with E-state index < -0.39 is 0 Å². The zero-order valence-corrected chi connectivity index (χ0v) is 14.7. The number of nitrogens with one attached hydrogen (secondary N) is 3. The molecule has 2 aromatic rings. The van der Waals surface area contributed by atoms with Gasteiger partial charge in [-0.05, 0) is 18.0 Å². The van der Waals surface area contributed by atoms with Crippen molar-refractivity contribution < 1.29 is 9.53 Å². The number of carbonyl (C=O) groups excluding carboxylic acids is 1. The lowest BCUT2D eigenvalue weighted by Gasteiger charge is -2.26. The molecule has 3 N–H and O–H groups in total. The molecule has 9 nitrogen and oxygen atoms in total. The number of carbonyl (C=O) groups is 1. The van der Waals surface area contributed by atoms with E-state index in [1.54, 1.807) is 6.33 Å². The minimum absolute atomic E-state index is 0.0578. The van der Waals surface area contributed by atoms with Gasteiger partial charge >= 0.3 is 0 Å². The van der Waals surface area contributed by atoms with Gasteiger partial charge in [-0.2, -0.15) is 9.97 Å². The zero-order chi connectivity index (χ0) is 17.5. The Morgan fingerprint density at radius 2 is 2.16 bits per heavy atom. The van der Waals surface area contributed by atoms with Crippen LogP contribution < -0.4 is 10.6 Å². The number of hydrogen-bond acceptors (Lipinski definition) is 7. The molecule has 25 heavy (non-hydrogen) atoms. The van der Waals surface area contributed by atoms with E-state index in [1.165, 1.54) is 0 Å². The Bertz CT molecular complexity index is 702. The molecule has 2 aromatic heterocycles. The SMILES string of the molecule is O=C(CCCNc1nc(Cl)nc2nc[nH]c12)NCCN1CCOCC1. The van der Waals surface area contributed by atoms with Gasteiger partial charge in [-0.1, -0.05) is 0 Å². The molecular formula is C15H22ClN7O2. The number of aromatic nitrogens is 4. The lowest BCUT2D eigenvalue weighted by molar-refractivity contribution is -0.121. The predicted octanol–water partition coefficient (Wildman–Crippen LogP) is 0.647. The van der Waals surface area contributed by atoms with Crippen molar-refractivity contribution in [1.29, 1.82) is 0 Å². The number of aromatic amines is 1. The summed E-state index contributed by atoms with van der Waals surface area (Å²) in [5.74, 6) is 0.655. The second kappa shape index (κ2) is 8.93. The van der Waals surface area contributed by atoms with Crippen LogP contribution in [0.25, 0.3) is 11.2 Å². The van der Waals surface area contributed by atoms with Crippen molar-refractivity contribution in [2.75, 3.05) is 51.3 Å². The molecule has 0 spiro atoms. The third-order valence-electron chi connectivity index (χ3n) is 3.99. The predicted molar refractivity (Wildman–Crippen MR) is 94.7 cm³/mol. The average Bonchev–Trinajstić information content (AvgIpc) is 3.08. The maximum absolute atomic E-state index is 11.9. The maximum atomic E-state index is 11.9. The molecule has 0 aromatic carbocycles. The third kappa shape index (κ3) is 5.25. The minimum atomic E-state index is 0.0578. The number of H-pyrrole nitrogens is 1. The highest BCUT2D eigenvalue weighted by Gasteiger charge is 2.11. The third-order valence-corrected chi connectivity index (χ3v) is 4.15. The van der Waals surface area contributed by atoms with Crippen molar-refractivity contribution in [2.45, 2.75) is 12.8 Å². The second-order valence-electron chi connectivity index (χ2n) is 5.78. The number of amides is 1. The van der Waals surface area contributed by atoms with E-state index in [-0.39, 0.29) is 11.2 Å². The molecule has 136 valence electrons. The smallest absolute Gasteiger partial charge is 0.226 e. The summed E-state index contributed by atoms with van der Waals surface area (Å²) in [6.45, 7) is 5.56. The lowest BCUT2D eigenvalue weighted by atomic mass is 10.3. The molecule has 0 bridgehead atoms. The largest absolute Gasteiger partial charge is 0.379 e. The monoisotopic (exact) mass is 367 g/mol. The first-order chi connectivity index (χ1) is 12.2. The Kier molecular flexibility index (Phi) is 6.37.